The lowest BCUT2D eigenvalue weighted by Crippen LogP contribution is -2.44. The highest BCUT2D eigenvalue weighted by molar-refractivity contribution is 5.87. The molecule has 1 fully saturated rings. The van der Waals surface area contributed by atoms with Crippen LogP contribution in [0.25, 0.3) is 0 Å². The molecule has 2 unspecified atom stereocenters. The van der Waals surface area contributed by atoms with E-state index in [1.807, 2.05) is 6.92 Å². The van der Waals surface area contributed by atoms with Gasteiger partial charge in [-0.05, 0) is 39.7 Å². The van der Waals surface area contributed by atoms with Gasteiger partial charge in [0.25, 0.3) is 0 Å². The zero-order chi connectivity index (χ0) is 12.7. The minimum Gasteiger partial charge on any atom is -0.355 e. The Morgan fingerprint density at radius 3 is 2.72 bits per heavy atom. The molecule has 0 spiro atoms. The fraction of sp³-hybridized carbons (Fsp3) is 0.833. The first kappa shape index (κ1) is 17.2. The molecule has 0 saturated carbocycles. The normalized spacial score (nSPS) is 19.8. The molecule has 0 aromatic rings. The van der Waals surface area contributed by atoms with Crippen LogP contribution in [0, 0.1) is 0 Å². The second kappa shape index (κ2) is 9.16. The van der Waals surface area contributed by atoms with Gasteiger partial charge in [-0.3, -0.25) is 9.59 Å². The maximum absolute atomic E-state index is 11.6. The first-order valence-corrected chi connectivity index (χ1v) is 6.44. The number of carbonyl (C=O) groups is 2. The monoisotopic (exact) mass is 277 g/mol. The average Bonchev–Trinajstić information content (AvgIpc) is 2.79. The van der Waals surface area contributed by atoms with Crippen LogP contribution >= 0.6 is 12.4 Å². The SMILES string of the molecule is CCNC(=O)C(C)NC(=O)CCC1CCCN1.Cl. The summed E-state index contributed by atoms with van der Waals surface area (Å²) in [6, 6.07) is 0.0273. The zero-order valence-electron chi connectivity index (χ0n) is 11.1. The van der Waals surface area contributed by atoms with Gasteiger partial charge in [0.1, 0.15) is 6.04 Å². The highest BCUT2D eigenvalue weighted by Crippen LogP contribution is 2.10. The third-order valence-electron chi connectivity index (χ3n) is 3.00. The lowest BCUT2D eigenvalue weighted by molar-refractivity contribution is -0.128. The molecule has 1 aliphatic rings. The summed E-state index contributed by atoms with van der Waals surface area (Å²) in [5.74, 6) is -0.169. The Kier molecular flexibility index (Phi) is 8.75. The Bertz CT molecular complexity index is 268. The van der Waals surface area contributed by atoms with Crippen molar-refractivity contribution in [1.29, 1.82) is 0 Å². The van der Waals surface area contributed by atoms with Crippen LogP contribution in [-0.4, -0.2) is 37.0 Å². The van der Waals surface area contributed by atoms with E-state index in [0.29, 0.717) is 19.0 Å². The zero-order valence-corrected chi connectivity index (χ0v) is 11.9. The second-order valence-electron chi connectivity index (χ2n) is 4.52. The molecule has 0 radical (unpaired) electrons. The minimum atomic E-state index is -0.445. The van der Waals surface area contributed by atoms with Crippen LogP contribution < -0.4 is 16.0 Å². The second-order valence-corrected chi connectivity index (χ2v) is 4.52. The molecular weight excluding hydrogens is 254 g/mol. The number of amides is 2. The van der Waals surface area contributed by atoms with Crippen molar-refractivity contribution in [3.63, 3.8) is 0 Å². The molecule has 1 heterocycles. The van der Waals surface area contributed by atoms with E-state index < -0.39 is 6.04 Å². The van der Waals surface area contributed by atoms with Crippen LogP contribution in [0.15, 0.2) is 0 Å². The highest BCUT2D eigenvalue weighted by atomic mass is 35.5. The van der Waals surface area contributed by atoms with Crippen LogP contribution in [0.5, 0.6) is 0 Å². The molecule has 18 heavy (non-hydrogen) atoms. The van der Waals surface area contributed by atoms with Crippen LogP contribution in [0.4, 0.5) is 0 Å². The van der Waals surface area contributed by atoms with Gasteiger partial charge in [0.15, 0.2) is 0 Å². The predicted molar refractivity (Wildman–Crippen MR) is 73.8 cm³/mol. The van der Waals surface area contributed by atoms with E-state index in [-0.39, 0.29) is 24.2 Å². The van der Waals surface area contributed by atoms with Gasteiger partial charge in [-0.2, -0.15) is 0 Å². The maximum Gasteiger partial charge on any atom is 0.242 e. The van der Waals surface area contributed by atoms with Crippen molar-refractivity contribution in [3.05, 3.63) is 0 Å². The van der Waals surface area contributed by atoms with E-state index in [4.69, 9.17) is 0 Å². The molecule has 1 saturated heterocycles. The molecular formula is C12H24ClN3O2. The largest absolute Gasteiger partial charge is 0.355 e. The van der Waals surface area contributed by atoms with Gasteiger partial charge < -0.3 is 16.0 Å². The summed E-state index contributed by atoms with van der Waals surface area (Å²) >= 11 is 0. The first-order chi connectivity index (χ1) is 8.13. The third kappa shape index (κ3) is 6.21. The minimum absolute atomic E-state index is 0. The smallest absolute Gasteiger partial charge is 0.242 e. The molecule has 6 heteroatoms. The fourth-order valence-electron chi connectivity index (χ4n) is 2.01. The van der Waals surface area contributed by atoms with Gasteiger partial charge in [0, 0.05) is 19.0 Å². The van der Waals surface area contributed by atoms with Crippen molar-refractivity contribution in [1.82, 2.24) is 16.0 Å². The third-order valence-corrected chi connectivity index (χ3v) is 3.00. The molecule has 3 N–H and O–H groups in total. The number of nitrogens with one attached hydrogen (secondary N) is 3. The van der Waals surface area contributed by atoms with E-state index in [1.54, 1.807) is 6.92 Å². The molecule has 0 bridgehead atoms. The van der Waals surface area contributed by atoms with Crippen LogP contribution in [0.2, 0.25) is 0 Å². The maximum atomic E-state index is 11.6. The van der Waals surface area contributed by atoms with Crippen molar-refractivity contribution >= 4 is 24.2 Å². The molecule has 5 nitrogen and oxygen atoms in total. The fourth-order valence-corrected chi connectivity index (χ4v) is 2.01. The van der Waals surface area contributed by atoms with E-state index in [9.17, 15) is 9.59 Å². The Morgan fingerprint density at radius 1 is 1.44 bits per heavy atom. The molecule has 0 aromatic heterocycles. The molecule has 1 rings (SSSR count). The van der Waals surface area contributed by atoms with Gasteiger partial charge in [-0.1, -0.05) is 0 Å². The Hall–Kier alpha value is -0.810. The number of carbonyl (C=O) groups excluding carboxylic acids is 2. The van der Waals surface area contributed by atoms with Gasteiger partial charge in [-0.25, -0.2) is 0 Å². The molecule has 1 aliphatic heterocycles. The molecule has 2 amide bonds. The number of likely N-dealkylation sites (N-methyl/N-ethyl adjacent to an activating group) is 1. The lowest BCUT2D eigenvalue weighted by Gasteiger charge is -2.14. The summed E-state index contributed by atoms with van der Waals surface area (Å²) in [6.45, 7) is 5.21. The van der Waals surface area contributed by atoms with E-state index in [1.165, 1.54) is 6.42 Å². The van der Waals surface area contributed by atoms with E-state index >= 15 is 0 Å². The molecule has 0 aromatic carbocycles. The first-order valence-electron chi connectivity index (χ1n) is 6.44. The van der Waals surface area contributed by atoms with Crippen LogP contribution in [0.3, 0.4) is 0 Å². The summed E-state index contributed by atoms with van der Waals surface area (Å²) in [4.78, 5) is 23.0. The summed E-state index contributed by atoms with van der Waals surface area (Å²) in [7, 11) is 0. The lowest BCUT2D eigenvalue weighted by atomic mass is 10.1. The van der Waals surface area contributed by atoms with Crippen molar-refractivity contribution < 1.29 is 9.59 Å². The van der Waals surface area contributed by atoms with Crippen LogP contribution in [-0.2, 0) is 9.59 Å². The number of halogens is 1. The topological polar surface area (TPSA) is 70.2 Å². The average molecular weight is 278 g/mol. The number of rotatable bonds is 6. The predicted octanol–water partition coefficient (Wildman–Crippen LogP) is 0.581. The van der Waals surface area contributed by atoms with Gasteiger partial charge in [0.05, 0.1) is 0 Å². The standard InChI is InChI=1S/C12H23N3O2.ClH/c1-3-13-12(17)9(2)15-11(16)7-6-10-5-4-8-14-10;/h9-10,14H,3-8H2,1-2H3,(H,13,17)(H,15,16);1H. The summed E-state index contributed by atoms with van der Waals surface area (Å²) in [5.41, 5.74) is 0. The quantitative estimate of drug-likeness (QED) is 0.665. The Labute approximate surface area is 115 Å². The summed E-state index contributed by atoms with van der Waals surface area (Å²) in [6.07, 6.45) is 3.69. The Balaban J connectivity index is 0.00000289. The van der Waals surface area contributed by atoms with Crippen LogP contribution in [0.1, 0.15) is 39.5 Å². The summed E-state index contributed by atoms with van der Waals surface area (Å²) < 4.78 is 0. The molecule has 2 atom stereocenters. The number of hydrogen-bond donors (Lipinski definition) is 3. The van der Waals surface area contributed by atoms with Gasteiger partial charge in [-0.15, -0.1) is 12.4 Å². The van der Waals surface area contributed by atoms with Gasteiger partial charge >= 0.3 is 0 Å². The Morgan fingerprint density at radius 2 is 2.17 bits per heavy atom. The molecule has 0 aliphatic carbocycles. The van der Waals surface area contributed by atoms with Gasteiger partial charge in [0.2, 0.25) is 11.8 Å². The number of hydrogen-bond acceptors (Lipinski definition) is 3. The molecule has 106 valence electrons. The van der Waals surface area contributed by atoms with E-state index in [0.717, 1.165) is 19.4 Å². The van der Waals surface area contributed by atoms with Crippen molar-refractivity contribution in [2.24, 2.45) is 0 Å². The van der Waals surface area contributed by atoms with E-state index in [2.05, 4.69) is 16.0 Å². The highest BCUT2D eigenvalue weighted by Gasteiger charge is 2.17. The van der Waals surface area contributed by atoms with Crippen molar-refractivity contribution in [2.45, 2.75) is 51.6 Å². The summed E-state index contributed by atoms with van der Waals surface area (Å²) in [5, 5.41) is 8.74. The van der Waals surface area contributed by atoms with Crippen molar-refractivity contribution in [2.75, 3.05) is 13.1 Å². The van der Waals surface area contributed by atoms with Crippen molar-refractivity contribution in [3.8, 4) is 0 Å².